The first-order valence-electron chi connectivity index (χ1n) is 13.7. The van der Waals surface area contributed by atoms with Gasteiger partial charge in [0.15, 0.2) is 0 Å². The van der Waals surface area contributed by atoms with Crippen LogP contribution in [0.2, 0.25) is 0 Å². The van der Waals surface area contributed by atoms with Crippen molar-refractivity contribution < 1.29 is 9.05 Å². The van der Waals surface area contributed by atoms with Crippen LogP contribution in [0.4, 0.5) is 0 Å². The number of para-hydroxylation sites is 1. The van der Waals surface area contributed by atoms with Crippen molar-refractivity contribution in [1.29, 1.82) is 0 Å². The molecule has 0 saturated heterocycles. The number of hydrogen-bond acceptors (Lipinski definition) is 2. The van der Waals surface area contributed by atoms with E-state index in [-0.39, 0.29) is 0 Å². The van der Waals surface area contributed by atoms with E-state index < -0.39 is 8.53 Å². The molecule has 0 amide bonds. The molecule has 0 aliphatic carbocycles. The fraction of sp³-hybridized carbons (Fsp3) is 0.257. The summed E-state index contributed by atoms with van der Waals surface area (Å²) in [6.45, 7) is 17.0. The minimum atomic E-state index is -1.55. The van der Waals surface area contributed by atoms with Gasteiger partial charge in [0.25, 0.3) is 0 Å². The Hall–Kier alpha value is -3.55. The Morgan fingerprint density at radius 1 is 1.03 bits per heavy atom. The first-order valence-corrected chi connectivity index (χ1v) is 14.8. The molecule has 1 unspecified atom stereocenters. The molecule has 39 heavy (non-hydrogen) atoms. The maximum atomic E-state index is 6.67. The van der Waals surface area contributed by atoms with Gasteiger partial charge in [0.1, 0.15) is 11.5 Å². The molecular weight excluding hydrogens is 497 g/mol. The number of nitrogens with zero attached hydrogens (tertiary/aromatic N) is 1. The lowest BCUT2D eigenvalue weighted by Crippen LogP contribution is -2.03. The summed E-state index contributed by atoms with van der Waals surface area (Å²) in [7, 11) is -1.55. The average Bonchev–Trinajstić information content (AvgIpc) is 3.34. The van der Waals surface area contributed by atoms with Crippen LogP contribution < -0.4 is 4.52 Å². The van der Waals surface area contributed by atoms with Crippen molar-refractivity contribution in [3.8, 4) is 5.75 Å². The third-order valence-corrected chi connectivity index (χ3v) is 7.63. The Morgan fingerprint density at radius 3 is 2.56 bits per heavy atom. The minimum Gasteiger partial charge on any atom is -0.423 e. The fourth-order valence-electron chi connectivity index (χ4n) is 4.10. The molecule has 0 aliphatic heterocycles. The van der Waals surface area contributed by atoms with Crippen LogP contribution in [-0.4, -0.2) is 4.34 Å². The van der Waals surface area contributed by atoms with Crippen molar-refractivity contribution >= 4 is 19.4 Å². The molecule has 204 valence electrons. The summed E-state index contributed by atoms with van der Waals surface area (Å²) in [5.74, 6) is 1.71. The SMILES string of the molecule is C=C(/C=C\C(=CC/C(C)=C/CC)/C=C\C=C/C)OP(Oc1cc(C)ccc1C(C)C)n1ccc2ccccc21. The molecule has 0 spiro atoms. The van der Waals surface area contributed by atoms with Gasteiger partial charge in [0.05, 0.1) is 5.52 Å². The van der Waals surface area contributed by atoms with Crippen LogP contribution in [0, 0.1) is 6.92 Å². The van der Waals surface area contributed by atoms with Crippen LogP contribution in [0.1, 0.15) is 64.5 Å². The van der Waals surface area contributed by atoms with Crippen molar-refractivity contribution in [2.75, 3.05) is 0 Å². The lowest BCUT2D eigenvalue weighted by atomic mass is 10.0. The van der Waals surface area contributed by atoms with Crippen molar-refractivity contribution in [1.82, 2.24) is 4.34 Å². The van der Waals surface area contributed by atoms with E-state index in [4.69, 9.17) is 9.05 Å². The Morgan fingerprint density at radius 2 is 1.82 bits per heavy atom. The normalized spacial score (nSPS) is 13.8. The Kier molecular flexibility index (Phi) is 11.6. The van der Waals surface area contributed by atoms with E-state index in [1.54, 1.807) is 0 Å². The monoisotopic (exact) mass is 539 g/mol. The molecule has 1 atom stereocenters. The number of aromatic nitrogens is 1. The maximum absolute atomic E-state index is 6.67. The highest BCUT2D eigenvalue weighted by Crippen LogP contribution is 2.47. The summed E-state index contributed by atoms with van der Waals surface area (Å²) in [6, 6.07) is 16.7. The van der Waals surface area contributed by atoms with Gasteiger partial charge in [0, 0.05) is 11.6 Å². The number of aryl methyl sites for hydroxylation is 1. The van der Waals surface area contributed by atoms with Crippen LogP contribution in [-0.2, 0) is 4.52 Å². The maximum Gasteiger partial charge on any atom is 0.421 e. The van der Waals surface area contributed by atoms with Gasteiger partial charge in [-0.25, -0.2) is 0 Å². The van der Waals surface area contributed by atoms with Gasteiger partial charge in [-0.15, -0.1) is 0 Å². The van der Waals surface area contributed by atoms with Gasteiger partial charge in [-0.1, -0.05) is 106 Å². The number of hydrogen-bond donors (Lipinski definition) is 0. The van der Waals surface area contributed by atoms with Crippen LogP contribution in [0.15, 0.2) is 127 Å². The lowest BCUT2D eigenvalue weighted by molar-refractivity contribution is 0.409. The molecule has 0 N–H and O–H groups in total. The van der Waals surface area contributed by atoms with Gasteiger partial charge < -0.3 is 9.05 Å². The molecule has 3 aromatic rings. The summed E-state index contributed by atoms with van der Waals surface area (Å²) in [5.41, 5.74) is 5.82. The Bertz CT molecular complexity index is 1400. The first-order chi connectivity index (χ1) is 18.8. The quantitative estimate of drug-likeness (QED) is 0.0933. The summed E-state index contributed by atoms with van der Waals surface area (Å²) >= 11 is 0. The summed E-state index contributed by atoms with van der Waals surface area (Å²) in [5, 5.41) is 1.14. The third kappa shape index (κ3) is 9.01. The summed E-state index contributed by atoms with van der Waals surface area (Å²) in [4.78, 5) is 0. The molecule has 0 fully saturated rings. The minimum absolute atomic E-state index is 0.323. The highest BCUT2D eigenvalue weighted by molar-refractivity contribution is 7.46. The number of rotatable bonds is 13. The molecule has 0 aliphatic rings. The molecule has 0 saturated carbocycles. The molecule has 1 aromatic heterocycles. The average molecular weight is 540 g/mol. The van der Waals surface area contributed by atoms with Crippen LogP contribution in [0.5, 0.6) is 5.75 Å². The molecule has 4 heteroatoms. The van der Waals surface area contributed by atoms with Gasteiger partial charge in [0.2, 0.25) is 0 Å². The van der Waals surface area contributed by atoms with Gasteiger partial charge >= 0.3 is 8.53 Å². The topological polar surface area (TPSA) is 23.4 Å². The van der Waals surface area contributed by atoms with E-state index in [0.717, 1.165) is 46.2 Å². The zero-order valence-corrected chi connectivity index (χ0v) is 25.1. The van der Waals surface area contributed by atoms with Crippen molar-refractivity contribution in [3.63, 3.8) is 0 Å². The van der Waals surface area contributed by atoms with Crippen molar-refractivity contribution in [2.45, 2.75) is 60.3 Å². The van der Waals surface area contributed by atoms with Gasteiger partial charge in [-0.2, -0.15) is 0 Å². The Balaban J connectivity index is 1.92. The lowest BCUT2D eigenvalue weighted by Gasteiger charge is -2.22. The second kappa shape index (κ2) is 15.1. The van der Waals surface area contributed by atoms with Gasteiger partial charge in [-0.05, 0) is 80.5 Å². The van der Waals surface area contributed by atoms with Gasteiger partial charge in [-0.3, -0.25) is 4.34 Å². The third-order valence-electron chi connectivity index (χ3n) is 6.18. The molecule has 0 bridgehead atoms. The number of allylic oxidation sites excluding steroid dienone is 10. The van der Waals surface area contributed by atoms with Crippen LogP contribution in [0.25, 0.3) is 10.9 Å². The molecular formula is C35H42NO2P. The molecule has 3 rings (SSSR count). The molecule has 2 aromatic carbocycles. The van der Waals surface area contributed by atoms with Crippen molar-refractivity contribution in [3.05, 3.63) is 138 Å². The smallest absolute Gasteiger partial charge is 0.421 e. The van der Waals surface area contributed by atoms with E-state index in [1.165, 1.54) is 5.57 Å². The van der Waals surface area contributed by atoms with E-state index in [2.05, 4.69) is 106 Å². The fourth-order valence-corrected chi connectivity index (χ4v) is 5.43. The van der Waals surface area contributed by atoms with E-state index >= 15 is 0 Å². The van der Waals surface area contributed by atoms with E-state index in [9.17, 15) is 0 Å². The molecule has 1 heterocycles. The van der Waals surface area contributed by atoms with E-state index in [1.807, 2.05) is 49.6 Å². The molecule has 3 nitrogen and oxygen atoms in total. The second-order valence-corrected chi connectivity index (χ2v) is 11.2. The van der Waals surface area contributed by atoms with Crippen molar-refractivity contribution in [2.24, 2.45) is 0 Å². The zero-order valence-electron chi connectivity index (χ0n) is 24.2. The highest BCUT2D eigenvalue weighted by Gasteiger charge is 2.22. The summed E-state index contributed by atoms with van der Waals surface area (Å²) in [6.07, 6.45) is 20.6. The second-order valence-electron chi connectivity index (χ2n) is 9.89. The van der Waals surface area contributed by atoms with Crippen LogP contribution >= 0.6 is 8.53 Å². The van der Waals surface area contributed by atoms with Crippen LogP contribution in [0.3, 0.4) is 0 Å². The Labute approximate surface area is 236 Å². The van der Waals surface area contributed by atoms with E-state index in [0.29, 0.717) is 11.7 Å². The summed E-state index contributed by atoms with van der Waals surface area (Å²) < 4.78 is 15.2. The first kappa shape index (κ1) is 30.0. The predicted molar refractivity (Wildman–Crippen MR) is 170 cm³/mol. The largest absolute Gasteiger partial charge is 0.423 e. The standard InChI is InChI=1S/C35H42NO2P/c1-8-10-11-15-31(21-18-28(5)14-9-2)22-20-30(7)37-39(36-25-24-32-16-12-13-17-34(32)36)38-35-26-29(6)19-23-33(35)27(3)4/h8,10-17,19-27H,7,9,18H2,1-6H3/b10-8-,15-11-,22-20-,28-14+,31-21?. The number of fused-ring (bicyclic) bond motifs is 1. The predicted octanol–water partition coefficient (Wildman–Crippen LogP) is 11.1. The number of benzene rings is 2. The zero-order chi connectivity index (χ0) is 28.2. The highest BCUT2D eigenvalue weighted by atomic mass is 31.2. The molecule has 0 radical (unpaired) electrons.